The Hall–Kier alpha value is -0.820. The van der Waals surface area contributed by atoms with Gasteiger partial charge in [0.1, 0.15) is 0 Å². The summed E-state index contributed by atoms with van der Waals surface area (Å²) in [7, 11) is 0. The zero-order chi connectivity index (χ0) is 11.8. The molecule has 0 fully saturated rings. The lowest BCUT2D eigenvalue weighted by Crippen LogP contribution is -2.13. The summed E-state index contributed by atoms with van der Waals surface area (Å²) in [5, 5.41) is 9.39. The number of rotatable bonds is 2. The average Bonchev–Trinajstić information content (AvgIpc) is 2.44. The van der Waals surface area contributed by atoms with Crippen LogP contribution in [0.3, 0.4) is 0 Å². The molecule has 3 N–H and O–H groups in total. The lowest BCUT2D eigenvalue weighted by atomic mass is 10.0. The summed E-state index contributed by atoms with van der Waals surface area (Å²) in [6, 6.07) is 0. The molecule has 0 saturated heterocycles. The van der Waals surface area contributed by atoms with Crippen LogP contribution in [0.15, 0.2) is 0 Å². The number of nitrogens with two attached hydrogens (primary N) is 1. The van der Waals surface area contributed by atoms with Crippen molar-refractivity contribution in [3.63, 3.8) is 0 Å². The minimum atomic E-state index is -4.57. The molecule has 0 aliphatic rings. The molecule has 86 valence electrons. The molecule has 1 rings (SSSR count). The van der Waals surface area contributed by atoms with E-state index in [2.05, 4.69) is 4.98 Å². The molecule has 7 heteroatoms. The predicted octanol–water partition coefficient (Wildman–Crippen LogP) is 2.43. The lowest BCUT2D eigenvalue weighted by Gasteiger charge is -2.14. The smallest absolute Gasteiger partial charge is 0.387 e. The number of anilines is 1. The molecule has 0 bridgehead atoms. The number of halogens is 3. The van der Waals surface area contributed by atoms with E-state index in [0.717, 1.165) is 0 Å². The molecular formula is C8H11F3N2OS. The summed E-state index contributed by atoms with van der Waals surface area (Å²) in [4.78, 5) is 2.98. The number of nitrogens with zero attached hydrogens (tertiary/aromatic N) is 1. The molecule has 1 unspecified atom stereocenters. The highest BCUT2D eigenvalue weighted by Crippen LogP contribution is 2.40. The summed E-state index contributed by atoms with van der Waals surface area (Å²) in [6.07, 6.45) is -5.75. The van der Waals surface area contributed by atoms with Crippen molar-refractivity contribution < 1.29 is 18.3 Å². The highest BCUT2D eigenvalue weighted by molar-refractivity contribution is 7.15. The minimum Gasteiger partial charge on any atom is -0.387 e. The first-order chi connectivity index (χ1) is 6.73. The summed E-state index contributed by atoms with van der Waals surface area (Å²) in [6.45, 7) is 3.25. The summed E-state index contributed by atoms with van der Waals surface area (Å²) >= 11 is 0.674. The Morgan fingerprint density at radius 1 is 1.40 bits per heavy atom. The van der Waals surface area contributed by atoms with Gasteiger partial charge in [0.2, 0.25) is 0 Å². The van der Waals surface area contributed by atoms with Crippen molar-refractivity contribution in [1.29, 1.82) is 0 Å². The van der Waals surface area contributed by atoms with E-state index in [1.165, 1.54) is 0 Å². The molecule has 1 aromatic rings. The maximum absolute atomic E-state index is 12.5. The van der Waals surface area contributed by atoms with Crippen LogP contribution in [0.5, 0.6) is 0 Å². The number of aliphatic hydroxyl groups excluding tert-OH is 1. The van der Waals surface area contributed by atoms with E-state index in [9.17, 15) is 18.3 Å². The Kier molecular flexibility index (Phi) is 3.25. The van der Waals surface area contributed by atoms with E-state index in [1.807, 2.05) is 0 Å². The van der Waals surface area contributed by atoms with Gasteiger partial charge in [0.15, 0.2) is 10.8 Å². The quantitative estimate of drug-likeness (QED) is 0.834. The van der Waals surface area contributed by atoms with Gasteiger partial charge in [-0.15, -0.1) is 0 Å². The average molecular weight is 240 g/mol. The molecule has 0 aliphatic heterocycles. The Morgan fingerprint density at radius 2 is 1.93 bits per heavy atom. The molecule has 1 atom stereocenters. The molecular weight excluding hydrogens is 229 g/mol. The van der Waals surface area contributed by atoms with Gasteiger partial charge in [-0.1, -0.05) is 25.2 Å². The number of thiazole rings is 1. The number of hydrogen-bond donors (Lipinski definition) is 2. The van der Waals surface area contributed by atoms with E-state index < -0.39 is 18.0 Å². The number of aromatic nitrogens is 1. The van der Waals surface area contributed by atoms with E-state index in [-0.39, 0.29) is 15.9 Å². The van der Waals surface area contributed by atoms with Crippen LogP contribution in [0.4, 0.5) is 18.3 Å². The van der Waals surface area contributed by atoms with Crippen molar-refractivity contribution in [3.05, 3.63) is 10.6 Å². The highest BCUT2D eigenvalue weighted by Gasteiger charge is 2.39. The second kappa shape index (κ2) is 3.97. The van der Waals surface area contributed by atoms with Crippen LogP contribution in [0.1, 0.15) is 30.5 Å². The van der Waals surface area contributed by atoms with Crippen molar-refractivity contribution in [3.8, 4) is 0 Å². The largest absolute Gasteiger partial charge is 0.434 e. The third-order valence-corrected chi connectivity index (χ3v) is 2.79. The first-order valence-corrected chi connectivity index (χ1v) is 5.06. The van der Waals surface area contributed by atoms with Crippen LogP contribution in [-0.2, 0) is 6.18 Å². The topological polar surface area (TPSA) is 59.1 Å². The molecule has 0 amide bonds. The van der Waals surface area contributed by atoms with Gasteiger partial charge in [-0.3, -0.25) is 0 Å². The fourth-order valence-corrected chi connectivity index (χ4v) is 2.07. The van der Waals surface area contributed by atoms with E-state index >= 15 is 0 Å². The number of nitrogen functional groups attached to an aromatic ring is 1. The predicted molar refractivity (Wildman–Crippen MR) is 51.3 cm³/mol. The molecule has 15 heavy (non-hydrogen) atoms. The number of hydrogen-bond acceptors (Lipinski definition) is 4. The lowest BCUT2D eigenvalue weighted by molar-refractivity contribution is -0.142. The van der Waals surface area contributed by atoms with E-state index in [0.29, 0.717) is 11.3 Å². The summed E-state index contributed by atoms with van der Waals surface area (Å²) in [5.41, 5.74) is 4.13. The second-order valence-electron chi connectivity index (χ2n) is 3.45. The Morgan fingerprint density at radius 3 is 2.33 bits per heavy atom. The van der Waals surface area contributed by atoms with Gasteiger partial charge in [0.05, 0.1) is 11.0 Å². The standard InChI is InChI=1S/C8H11F3N2OS/c1-3(2)4(14)5-6(8(9,10)11)13-7(12)15-5/h3-4,14H,1-2H3,(H2,12,13). The van der Waals surface area contributed by atoms with Crippen LogP contribution < -0.4 is 5.73 Å². The van der Waals surface area contributed by atoms with Crippen molar-refractivity contribution in [2.24, 2.45) is 5.92 Å². The molecule has 0 spiro atoms. The van der Waals surface area contributed by atoms with Crippen molar-refractivity contribution in [2.75, 3.05) is 5.73 Å². The van der Waals surface area contributed by atoms with Gasteiger partial charge in [-0.05, 0) is 5.92 Å². The van der Waals surface area contributed by atoms with Gasteiger partial charge in [0.25, 0.3) is 0 Å². The number of alkyl halides is 3. The summed E-state index contributed by atoms with van der Waals surface area (Å²) < 4.78 is 37.4. The molecule has 0 aliphatic carbocycles. The molecule has 1 aromatic heterocycles. The molecule has 0 radical (unpaired) electrons. The fraction of sp³-hybridized carbons (Fsp3) is 0.625. The Labute approximate surface area is 88.7 Å². The number of aliphatic hydroxyl groups is 1. The zero-order valence-corrected chi connectivity index (χ0v) is 8.99. The molecule has 3 nitrogen and oxygen atoms in total. The Balaban J connectivity index is 3.18. The molecule has 0 saturated carbocycles. The van der Waals surface area contributed by atoms with Gasteiger partial charge in [-0.25, -0.2) is 4.98 Å². The third-order valence-electron chi connectivity index (χ3n) is 1.84. The highest BCUT2D eigenvalue weighted by atomic mass is 32.1. The van der Waals surface area contributed by atoms with Gasteiger partial charge < -0.3 is 10.8 Å². The molecule has 0 aromatic carbocycles. The van der Waals surface area contributed by atoms with Crippen LogP contribution in [0.2, 0.25) is 0 Å². The third kappa shape index (κ3) is 2.60. The Bertz CT molecular complexity index is 348. The van der Waals surface area contributed by atoms with Crippen molar-refractivity contribution in [1.82, 2.24) is 4.98 Å². The first kappa shape index (κ1) is 12.3. The van der Waals surface area contributed by atoms with Crippen LogP contribution in [0, 0.1) is 5.92 Å². The van der Waals surface area contributed by atoms with E-state index in [1.54, 1.807) is 13.8 Å². The second-order valence-corrected chi connectivity index (χ2v) is 4.51. The van der Waals surface area contributed by atoms with Gasteiger partial charge in [-0.2, -0.15) is 13.2 Å². The van der Waals surface area contributed by atoms with Crippen LogP contribution in [-0.4, -0.2) is 10.1 Å². The monoisotopic (exact) mass is 240 g/mol. The maximum Gasteiger partial charge on any atom is 0.434 e. The first-order valence-electron chi connectivity index (χ1n) is 4.25. The van der Waals surface area contributed by atoms with E-state index in [4.69, 9.17) is 5.73 Å². The van der Waals surface area contributed by atoms with Gasteiger partial charge >= 0.3 is 6.18 Å². The normalized spacial score (nSPS) is 14.6. The molecule has 1 heterocycles. The van der Waals surface area contributed by atoms with Crippen molar-refractivity contribution in [2.45, 2.75) is 26.1 Å². The van der Waals surface area contributed by atoms with Crippen LogP contribution >= 0.6 is 11.3 Å². The SMILES string of the molecule is CC(C)C(O)c1sc(N)nc1C(F)(F)F. The fourth-order valence-electron chi connectivity index (χ4n) is 1.06. The zero-order valence-electron chi connectivity index (χ0n) is 8.17. The summed E-state index contributed by atoms with van der Waals surface area (Å²) in [5.74, 6) is -0.314. The maximum atomic E-state index is 12.5. The van der Waals surface area contributed by atoms with Gasteiger partial charge in [0, 0.05) is 0 Å². The van der Waals surface area contributed by atoms with Crippen molar-refractivity contribution >= 4 is 16.5 Å². The van der Waals surface area contributed by atoms with Crippen LogP contribution in [0.25, 0.3) is 0 Å². The minimum absolute atomic E-state index is 0.183.